The van der Waals surface area contributed by atoms with Gasteiger partial charge >= 0.3 is 0 Å². The first-order chi connectivity index (χ1) is 13.1. The van der Waals surface area contributed by atoms with E-state index in [1.165, 1.54) is 11.3 Å². The maximum atomic E-state index is 12.6. The third-order valence-electron chi connectivity index (χ3n) is 4.31. The van der Waals surface area contributed by atoms with Crippen molar-refractivity contribution in [2.75, 3.05) is 13.2 Å². The van der Waals surface area contributed by atoms with Crippen LogP contribution in [-0.2, 0) is 7.05 Å². The molecule has 8 heteroatoms. The number of amides is 1. The lowest BCUT2D eigenvalue weighted by atomic mass is 10.1. The third kappa shape index (κ3) is 3.80. The van der Waals surface area contributed by atoms with Gasteiger partial charge in [-0.1, -0.05) is 6.07 Å². The van der Waals surface area contributed by atoms with Gasteiger partial charge in [-0.2, -0.15) is 5.10 Å². The summed E-state index contributed by atoms with van der Waals surface area (Å²) < 4.78 is 13.1. The molecule has 0 aliphatic carbocycles. The number of fused-ring (bicyclic) bond motifs is 1. The summed E-state index contributed by atoms with van der Waals surface area (Å²) in [5.41, 5.74) is 2.26. The van der Waals surface area contributed by atoms with Crippen LogP contribution in [0.5, 0.6) is 11.5 Å². The molecule has 1 unspecified atom stereocenters. The highest BCUT2D eigenvalue weighted by Crippen LogP contribution is 2.32. The highest BCUT2D eigenvalue weighted by molar-refractivity contribution is 7.13. The number of carbonyl (C=O) groups is 1. The zero-order valence-electron chi connectivity index (χ0n) is 15.1. The summed E-state index contributed by atoms with van der Waals surface area (Å²) in [4.78, 5) is 17.0. The van der Waals surface area contributed by atoms with E-state index >= 15 is 0 Å². The minimum atomic E-state index is -0.207. The minimum Gasteiger partial charge on any atom is -0.490 e. The van der Waals surface area contributed by atoms with Crippen LogP contribution in [0.2, 0.25) is 0 Å². The van der Waals surface area contributed by atoms with Gasteiger partial charge in [0.15, 0.2) is 11.5 Å². The summed E-state index contributed by atoms with van der Waals surface area (Å²) in [7, 11) is 1.85. The topological polar surface area (TPSA) is 78.3 Å². The molecule has 1 N–H and O–H groups in total. The fourth-order valence-electron chi connectivity index (χ4n) is 2.85. The molecule has 0 radical (unpaired) electrons. The fraction of sp³-hybridized carbons (Fsp3) is 0.316. The number of nitrogens with one attached hydrogen (secondary N) is 1. The summed E-state index contributed by atoms with van der Waals surface area (Å²) in [5, 5.41) is 9.67. The fourth-order valence-corrected chi connectivity index (χ4v) is 3.62. The first kappa shape index (κ1) is 17.5. The number of benzene rings is 1. The molecule has 140 valence electrons. The van der Waals surface area contributed by atoms with Gasteiger partial charge in [0, 0.05) is 30.6 Å². The van der Waals surface area contributed by atoms with Crippen LogP contribution in [0.1, 0.15) is 35.4 Å². The van der Waals surface area contributed by atoms with Gasteiger partial charge in [0.05, 0.1) is 25.5 Å². The SMILES string of the molecule is CC(NC(=O)c1csc(-c2cnn(C)c2)n1)c1ccc2c(c1)OCCCO2. The highest BCUT2D eigenvalue weighted by Gasteiger charge is 2.18. The molecule has 0 fully saturated rings. The van der Waals surface area contributed by atoms with E-state index in [4.69, 9.17) is 9.47 Å². The first-order valence-corrected chi connectivity index (χ1v) is 9.63. The molecule has 1 aliphatic heterocycles. The number of rotatable bonds is 4. The van der Waals surface area contributed by atoms with Crippen LogP contribution in [0.3, 0.4) is 0 Å². The van der Waals surface area contributed by atoms with Crippen molar-refractivity contribution in [1.82, 2.24) is 20.1 Å². The predicted molar refractivity (Wildman–Crippen MR) is 102 cm³/mol. The van der Waals surface area contributed by atoms with Gasteiger partial charge < -0.3 is 14.8 Å². The van der Waals surface area contributed by atoms with Crippen molar-refractivity contribution in [3.63, 3.8) is 0 Å². The number of ether oxygens (including phenoxy) is 2. The van der Waals surface area contributed by atoms with Crippen molar-refractivity contribution in [2.45, 2.75) is 19.4 Å². The van der Waals surface area contributed by atoms with Crippen molar-refractivity contribution in [2.24, 2.45) is 7.05 Å². The zero-order valence-corrected chi connectivity index (χ0v) is 16.0. The van der Waals surface area contributed by atoms with E-state index in [-0.39, 0.29) is 11.9 Å². The maximum Gasteiger partial charge on any atom is 0.271 e. The normalized spacial score (nSPS) is 14.4. The van der Waals surface area contributed by atoms with E-state index in [1.54, 1.807) is 16.3 Å². The summed E-state index contributed by atoms with van der Waals surface area (Å²) in [5.74, 6) is 1.26. The summed E-state index contributed by atoms with van der Waals surface area (Å²) in [6, 6.07) is 5.58. The van der Waals surface area contributed by atoms with Crippen molar-refractivity contribution in [3.05, 3.63) is 47.2 Å². The summed E-state index contributed by atoms with van der Waals surface area (Å²) in [6.45, 7) is 3.22. The van der Waals surface area contributed by atoms with E-state index in [2.05, 4.69) is 15.4 Å². The zero-order chi connectivity index (χ0) is 18.8. The monoisotopic (exact) mass is 384 g/mol. The summed E-state index contributed by atoms with van der Waals surface area (Å²) in [6.07, 6.45) is 4.47. The van der Waals surface area contributed by atoms with Crippen molar-refractivity contribution in [3.8, 4) is 22.1 Å². The number of hydrogen-bond donors (Lipinski definition) is 1. The molecule has 7 nitrogen and oxygen atoms in total. The molecule has 0 saturated heterocycles. The molecule has 0 saturated carbocycles. The Balaban J connectivity index is 1.46. The molecular formula is C19H20N4O3S. The Labute approximate surface area is 161 Å². The number of thiazole rings is 1. The van der Waals surface area contributed by atoms with Crippen LogP contribution in [0, 0.1) is 0 Å². The molecular weight excluding hydrogens is 364 g/mol. The van der Waals surface area contributed by atoms with Gasteiger partial charge in [-0.05, 0) is 24.6 Å². The Morgan fingerprint density at radius 3 is 2.89 bits per heavy atom. The van der Waals surface area contributed by atoms with Crippen LogP contribution in [0.4, 0.5) is 0 Å². The molecule has 1 aromatic carbocycles. The molecule has 1 atom stereocenters. The predicted octanol–water partition coefficient (Wildman–Crippen LogP) is 3.20. The Bertz CT molecular complexity index is 966. The third-order valence-corrected chi connectivity index (χ3v) is 5.20. The molecule has 3 aromatic rings. The second-order valence-corrected chi connectivity index (χ2v) is 7.25. The Kier molecular flexibility index (Phi) is 4.81. The Hall–Kier alpha value is -2.87. The van der Waals surface area contributed by atoms with Crippen molar-refractivity contribution >= 4 is 17.2 Å². The van der Waals surface area contributed by atoms with Crippen LogP contribution < -0.4 is 14.8 Å². The number of aromatic nitrogens is 3. The number of aryl methyl sites for hydroxylation is 1. The van der Waals surface area contributed by atoms with Crippen molar-refractivity contribution < 1.29 is 14.3 Å². The van der Waals surface area contributed by atoms with E-state index < -0.39 is 0 Å². The van der Waals surface area contributed by atoms with Gasteiger partial charge in [-0.15, -0.1) is 11.3 Å². The smallest absolute Gasteiger partial charge is 0.271 e. The van der Waals surface area contributed by atoms with E-state index in [0.29, 0.717) is 18.9 Å². The van der Waals surface area contributed by atoms with E-state index in [9.17, 15) is 4.79 Å². The molecule has 4 rings (SSSR count). The molecule has 0 bridgehead atoms. The Morgan fingerprint density at radius 1 is 1.30 bits per heavy atom. The van der Waals surface area contributed by atoms with Gasteiger partial charge in [0.25, 0.3) is 5.91 Å². The molecule has 1 amide bonds. The lowest BCUT2D eigenvalue weighted by Crippen LogP contribution is -2.26. The highest BCUT2D eigenvalue weighted by atomic mass is 32.1. The molecule has 27 heavy (non-hydrogen) atoms. The Morgan fingerprint density at radius 2 is 2.11 bits per heavy atom. The second-order valence-electron chi connectivity index (χ2n) is 6.39. The maximum absolute atomic E-state index is 12.6. The van der Waals surface area contributed by atoms with E-state index in [1.807, 2.05) is 38.4 Å². The average Bonchev–Trinajstić information content (AvgIpc) is 3.25. The van der Waals surface area contributed by atoms with Crippen LogP contribution in [0.15, 0.2) is 36.0 Å². The standard InChI is InChI=1S/C19H20N4O3S/c1-12(13-4-5-16-17(8-13)26-7-3-6-25-16)21-18(24)15-11-27-19(22-15)14-9-20-23(2)10-14/h4-5,8-12H,3,6-7H2,1-2H3,(H,21,24). The first-order valence-electron chi connectivity index (χ1n) is 8.75. The second kappa shape index (κ2) is 7.40. The van der Waals surface area contributed by atoms with Crippen LogP contribution >= 0.6 is 11.3 Å². The number of hydrogen-bond acceptors (Lipinski definition) is 6. The van der Waals surface area contributed by atoms with Crippen LogP contribution in [-0.4, -0.2) is 33.9 Å². The largest absolute Gasteiger partial charge is 0.490 e. The average molecular weight is 384 g/mol. The summed E-state index contributed by atoms with van der Waals surface area (Å²) >= 11 is 1.43. The molecule has 1 aliphatic rings. The lowest BCUT2D eigenvalue weighted by molar-refractivity contribution is 0.0935. The minimum absolute atomic E-state index is 0.182. The molecule has 2 aromatic heterocycles. The van der Waals surface area contributed by atoms with Gasteiger partial charge in [0.2, 0.25) is 0 Å². The number of carbonyl (C=O) groups excluding carboxylic acids is 1. The van der Waals surface area contributed by atoms with Gasteiger partial charge in [-0.3, -0.25) is 9.48 Å². The molecule has 0 spiro atoms. The van der Waals surface area contributed by atoms with E-state index in [0.717, 1.165) is 34.1 Å². The van der Waals surface area contributed by atoms with Gasteiger partial charge in [-0.25, -0.2) is 4.98 Å². The van der Waals surface area contributed by atoms with Gasteiger partial charge in [0.1, 0.15) is 10.7 Å². The number of nitrogens with zero attached hydrogens (tertiary/aromatic N) is 3. The quantitative estimate of drug-likeness (QED) is 0.747. The van der Waals surface area contributed by atoms with Crippen molar-refractivity contribution in [1.29, 1.82) is 0 Å². The van der Waals surface area contributed by atoms with Crippen LogP contribution in [0.25, 0.3) is 10.6 Å². The molecule has 3 heterocycles. The lowest BCUT2D eigenvalue weighted by Gasteiger charge is -2.16.